The number of nitro benzene ring substituents is 1. The van der Waals surface area contributed by atoms with Crippen LogP contribution in [0.25, 0.3) is 0 Å². The highest BCUT2D eigenvalue weighted by Gasteiger charge is 2.30. The molecular formula is C23H30N4O4S. The Morgan fingerprint density at radius 2 is 1.50 bits per heavy atom. The van der Waals surface area contributed by atoms with E-state index in [1.54, 1.807) is 24.3 Å². The van der Waals surface area contributed by atoms with E-state index in [9.17, 15) is 18.5 Å². The molecule has 172 valence electrons. The molecule has 0 atom stereocenters. The first kappa shape index (κ1) is 22.5. The summed E-state index contributed by atoms with van der Waals surface area (Å²) < 4.78 is 27.7. The third kappa shape index (κ3) is 4.45. The first-order valence-electron chi connectivity index (χ1n) is 11.1. The Hall–Kier alpha value is -2.65. The minimum Gasteiger partial charge on any atom is -0.369 e. The summed E-state index contributed by atoms with van der Waals surface area (Å²) in [6.45, 7) is 7.38. The normalized spacial score (nSPS) is 18.1. The Kier molecular flexibility index (Phi) is 6.39. The molecule has 0 spiro atoms. The van der Waals surface area contributed by atoms with Gasteiger partial charge < -0.3 is 9.80 Å². The van der Waals surface area contributed by atoms with E-state index in [0.717, 1.165) is 49.2 Å². The molecule has 0 bridgehead atoms. The maximum Gasteiger partial charge on any atom is 0.292 e. The number of hydrogen-bond donors (Lipinski definition) is 0. The molecule has 2 fully saturated rings. The second kappa shape index (κ2) is 9.07. The van der Waals surface area contributed by atoms with Gasteiger partial charge in [0.1, 0.15) is 5.69 Å². The summed E-state index contributed by atoms with van der Waals surface area (Å²) in [7, 11) is -3.54. The zero-order valence-corrected chi connectivity index (χ0v) is 19.5. The number of piperidine rings is 1. The molecule has 2 saturated heterocycles. The van der Waals surface area contributed by atoms with Crippen LogP contribution in [0.3, 0.4) is 0 Å². The molecule has 0 saturated carbocycles. The second-order valence-corrected chi connectivity index (χ2v) is 10.6. The molecule has 0 radical (unpaired) electrons. The van der Waals surface area contributed by atoms with Crippen molar-refractivity contribution in [2.75, 3.05) is 49.1 Å². The summed E-state index contributed by atoms with van der Waals surface area (Å²) in [6.07, 6.45) is 3.23. The number of rotatable bonds is 5. The molecule has 0 N–H and O–H groups in total. The highest BCUT2D eigenvalue weighted by atomic mass is 32.2. The average Bonchev–Trinajstić information content (AvgIpc) is 2.81. The molecule has 2 aromatic carbocycles. The highest BCUT2D eigenvalue weighted by Crippen LogP contribution is 2.35. The van der Waals surface area contributed by atoms with Crippen LogP contribution in [0.1, 0.15) is 30.4 Å². The lowest BCUT2D eigenvalue weighted by Gasteiger charge is -2.36. The van der Waals surface area contributed by atoms with Crippen molar-refractivity contribution in [2.45, 2.75) is 38.0 Å². The van der Waals surface area contributed by atoms with E-state index >= 15 is 0 Å². The van der Waals surface area contributed by atoms with Gasteiger partial charge in [0.25, 0.3) is 5.69 Å². The predicted octanol–water partition coefficient (Wildman–Crippen LogP) is 3.71. The number of aryl methyl sites for hydroxylation is 2. The Labute approximate surface area is 189 Å². The lowest BCUT2D eigenvalue weighted by atomic mass is 10.1. The molecule has 2 aliphatic rings. The monoisotopic (exact) mass is 458 g/mol. The van der Waals surface area contributed by atoms with E-state index in [-0.39, 0.29) is 10.6 Å². The van der Waals surface area contributed by atoms with Gasteiger partial charge >= 0.3 is 0 Å². The summed E-state index contributed by atoms with van der Waals surface area (Å²) >= 11 is 0. The minimum atomic E-state index is -3.54. The van der Waals surface area contributed by atoms with E-state index in [4.69, 9.17) is 0 Å². The Balaban J connectivity index is 1.51. The molecule has 0 aliphatic carbocycles. The van der Waals surface area contributed by atoms with E-state index in [2.05, 4.69) is 9.80 Å². The Bertz CT molecular complexity index is 1100. The van der Waals surface area contributed by atoms with Gasteiger partial charge in [0.05, 0.1) is 9.82 Å². The van der Waals surface area contributed by atoms with Crippen LogP contribution in [-0.2, 0) is 10.0 Å². The van der Waals surface area contributed by atoms with E-state index < -0.39 is 10.0 Å². The van der Waals surface area contributed by atoms with Gasteiger partial charge in [-0.1, -0.05) is 6.07 Å². The van der Waals surface area contributed by atoms with Crippen molar-refractivity contribution in [1.82, 2.24) is 4.31 Å². The van der Waals surface area contributed by atoms with Gasteiger partial charge in [-0.3, -0.25) is 10.1 Å². The van der Waals surface area contributed by atoms with Crippen LogP contribution in [0.5, 0.6) is 0 Å². The van der Waals surface area contributed by atoms with Crippen LogP contribution in [0.4, 0.5) is 17.1 Å². The summed E-state index contributed by atoms with van der Waals surface area (Å²) in [5.74, 6) is 0. The second-order valence-electron chi connectivity index (χ2n) is 8.62. The van der Waals surface area contributed by atoms with E-state index in [1.807, 2.05) is 26.0 Å². The van der Waals surface area contributed by atoms with Crippen molar-refractivity contribution < 1.29 is 13.3 Å². The van der Waals surface area contributed by atoms with Crippen molar-refractivity contribution in [2.24, 2.45) is 0 Å². The molecule has 2 aliphatic heterocycles. The van der Waals surface area contributed by atoms with Crippen molar-refractivity contribution >= 4 is 27.1 Å². The Morgan fingerprint density at radius 3 is 2.12 bits per heavy atom. The standard InChI is InChI=1S/C23H30N4O4S/c1-18-6-8-21(16-19(18)2)32(30,31)26-14-12-24(13-15-26)20-7-9-22(27(28)29)23(17-20)25-10-4-3-5-11-25/h6-9,16-17H,3-5,10-15H2,1-2H3. The van der Waals surface area contributed by atoms with Crippen LogP contribution in [0, 0.1) is 24.0 Å². The number of anilines is 2. The molecule has 4 rings (SSSR count). The van der Waals surface area contributed by atoms with Crippen LogP contribution in [0.15, 0.2) is 41.3 Å². The van der Waals surface area contributed by atoms with Crippen LogP contribution >= 0.6 is 0 Å². The van der Waals surface area contributed by atoms with E-state index in [0.29, 0.717) is 36.8 Å². The molecule has 32 heavy (non-hydrogen) atoms. The lowest BCUT2D eigenvalue weighted by molar-refractivity contribution is -0.384. The molecule has 9 heteroatoms. The average molecular weight is 459 g/mol. The topological polar surface area (TPSA) is 87.0 Å². The quantitative estimate of drug-likeness (QED) is 0.501. The minimum absolute atomic E-state index is 0.131. The number of sulfonamides is 1. The predicted molar refractivity (Wildman–Crippen MR) is 126 cm³/mol. The van der Waals surface area contributed by atoms with Gasteiger partial charge in [-0.25, -0.2) is 8.42 Å². The van der Waals surface area contributed by atoms with Crippen molar-refractivity contribution in [3.05, 3.63) is 57.6 Å². The summed E-state index contributed by atoms with van der Waals surface area (Å²) in [4.78, 5) is 15.8. The van der Waals surface area contributed by atoms with Gasteiger partial charge in [0.2, 0.25) is 10.0 Å². The van der Waals surface area contributed by atoms with Gasteiger partial charge in [-0.05, 0) is 68.5 Å². The van der Waals surface area contributed by atoms with Crippen molar-refractivity contribution in [1.29, 1.82) is 0 Å². The van der Waals surface area contributed by atoms with Gasteiger partial charge in [-0.15, -0.1) is 0 Å². The number of nitrogens with zero attached hydrogens (tertiary/aromatic N) is 4. The largest absolute Gasteiger partial charge is 0.369 e. The summed E-state index contributed by atoms with van der Waals surface area (Å²) in [5, 5.41) is 11.6. The molecule has 2 aromatic rings. The highest BCUT2D eigenvalue weighted by molar-refractivity contribution is 7.89. The number of hydrogen-bond acceptors (Lipinski definition) is 6. The van der Waals surface area contributed by atoms with E-state index in [1.165, 1.54) is 4.31 Å². The number of piperazine rings is 1. The van der Waals surface area contributed by atoms with Crippen LogP contribution in [-0.4, -0.2) is 56.9 Å². The van der Waals surface area contributed by atoms with Gasteiger partial charge in [0.15, 0.2) is 0 Å². The van der Waals surface area contributed by atoms with Crippen LogP contribution in [0.2, 0.25) is 0 Å². The third-order valence-electron chi connectivity index (χ3n) is 6.57. The van der Waals surface area contributed by atoms with Gasteiger partial charge in [0, 0.05) is 51.0 Å². The van der Waals surface area contributed by atoms with Gasteiger partial charge in [-0.2, -0.15) is 4.31 Å². The lowest BCUT2D eigenvalue weighted by Crippen LogP contribution is -2.48. The fourth-order valence-electron chi connectivity index (χ4n) is 4.46. The molecule has 8 nitrogen and oxygen atoms in total. The fourth-order valence-corrected chi connectivity index (χ4v) is 5.97. The van der Waals surface area contributed by atoms with Crippen LogP contribution < -0.4 is 9.80 Å². The number of benzene rings is 2. The first-order chi connectivity index (χ1) is 15.3. The zero-order valence-electron chi connectivity index (χ0n) is 18.7. The maximum absolute atomic E-state index is 13.1. The Morgan fingerprint density at radius 1 is 0.812 bits per heavy atom. The molecular weight excluding hydrogens is 428 g/mol. The van der Waals surface area contributed by atoms with Crippen molar-refractivity contribution in [3.8, 4) is 0 Å². The first-order valence-corrected chi connectivity index (χ1v) is 12.6. The number of nitro groups is 1. The summed E-state index contributed by atoms with van der Waals surface area (Å²) in [6, 6.07) is 10.5. The molecule has 0 amide bonds. The fraction of sp³-hybridized carbons (Fsp3) is 0.478. The molecule has 0 unspecified atom stereocenters. The van der Waals surface area contributed by atoms with Crippen molar-refractivity contribution in [3.63, 3.8) is 0 Å². The maximum atomic E-state index is 13.1. The third-order valence-corrected chi connectivity index (χ3v) is 8.47. The SMILES string of the molecule is Cc1ccc(S(=O)(=O)N2CCN(c3ccc([N+](=O)[O-])c(N4CCCCC4)c3)CC2)cc1C. The summed E-state index contributed by atoms with van der Waals surface area (Å²) in [5.41, 5.74) is 3.72. The molecule has 0 aromatic heterocycles. The smallest absolute Gasteiger partial charge is 0.292 e. The zero-order chi connectivity index (χ0) is 22.9. The molecule has 2 heterocycles.